The SMILES string of the molecule is CN(C)CCCNC(=O)CN(c1ccc(OCc2ccccc2)cc1)S(C)(=O)=O. The molecule has 0 bridgehead atoms. The molecule has 0 saturated carbocycles. The fraction of sp³-hybridized carbons (Fsp3) is 0.381. The average molecular weight is 420 g/mol. The normalized spacial score (nSPS) is 11.3. The summed E-state index contributed by atoms with van der Waals surface area (Å²) in [6.07, 6.45) is 1.89. The van der Waals surface area contributed by atoms with Gasteiger partial charge in [-0.1, -0.05) is 30.3 Å². The van der Waals surface area contributed by atoms with Gasteiger partial charge in [-0.2, -0.15) is 0 Å². The lowest BCUT2D eigenvalue weighted by Gasteiger charge is -2.22. The number of rotatable bonds is 11. The minimum absolute atomic E-state index is 0.259. The number of hydrogen-bond donors (Lipinski definition) is 1. The molecule has 0 aliphatic rings. The molecular formula is C21H29N3O4S. The molecule has 2 rings (SSSR count). The van der Waals surface area contributed by atoms with E-state index in [9.17, 15) is 13.2 Å². The number of carbonyl (C=O) groups excluding carboxylic acids is 1. The average Bonchev–Trinajstić information content (AvgIpc) is 2.68. The first-order chi connectivity index (χ1) is 13.8. The lowest BCUT2D eigenvalue weighted by Crippen LogP contribution is -2.41. The molecule has 1 N–H and O–H groups in total. The van der Waals surface area contributed by atoms with Crippen molar-refractivity contribution in [2.45, 2.75) is 13.0 Å². The van der Waals surface area contributed by atoms with Crippen molar-refractivity contribution in [2.75, 3.05) is 44.3 Å². The second-order valence-electron chi connectivity index (χ2n) is 7.04. The molecule has 0 aliphatic heterocycles. The van der Waals surface area contributed by atoms with Crippen LogP contribution in [-0.2, 0) is 21.4 Å². The topological polar surface area (TPSA) is 79.0 Å². The fourth-order valence-corrected chi connectivity index (χ4v) is 3.52. The Morgan fingerprint density at radius 3 is 2.28 bits per heavy atom. The number of ether oxygens (including phenoxy) is 1. The van der Waals surface area contributed by atoms with Gasteiger partial charge >= 0.3 is 0 Å². The van der Waals surface area contributed by atoms with Crippen LogP contribution in [0.3, 0.4) is 0 Å². The second-order valence-corrected chi connectivity index (χ2v) is 8.95. The van der Waals surface area contributed by atoms with Gasteiger partial charge in [-0.3, -0.25) is 9.10 Å². The van der Waals surface area contributed by atoms with Gasteiger partial charge in [-0.05, 0) is 56.9 Å². The highest BCUT2D eigenvalue weighted by Crippen LogP contribution is 2.22. The summed E-state index contributed by atoms with van der Waals surface area (Å²) in [5, 5.41) is 2.76. The zero-order chi connectivity index (χ0) is 21.3. The minimum Gasteiger partial charge on any atom is -0.489 e. The number of benzene rings is 2. The summed E-state index contributed by atoms with van der Waals surface area (Å²) < 4.78 is 31.2. The molecule has 0 atom stereocenters. The Morgan fingerprint density at radius 1 is 1.03 bits per heavy atom. The third-order valence-corrected chi connectivity index (χ3v) is 5.31. The van der Waals surface area contributed by atoms with Gasteiger partial charge in [-0.25, -0.2) is 8.42 Å². The molecule has 29 heavy (non-hydrogen) atoms. The predicted molar refractivity (Wildman–Crippen MR) is 116 cm³/mol. The Balaban J connectivity index is 1.96. The van der Waals surface area contributed by atoms with Crippen LogP contribution in [0.5, 0.6) is 5.75 Å². The molecule has 0 aromatic heterocycles. The van der Waals surface area contributed by atoms with Crippen LogP contribution in [0.15, 0.2) is 54.6 Å². The number of nitrogens with zero attached hydrogens (tertiary/aromatic N) is 2. The Kier molecular flexibility index (Phi) is 8.48. The van der Waals surface area contributed by atoms with Crippen molar-refractivity contribution in [3.8, 4) is 5.75 Å². The zero-order valence-electron chi connectivity index (χ0n) is 17.2. The molecule has 0 unspecified atom stereocenters. The van der Waals surface area contributed by atoms with Crippen LogP contribution in [0.4, 0.5) is 5.69 Å². The van der Waals surface area contributed by atoms with E-state index in [-0.39, 0.29) is 12.5 Å². The van der Waals surface area contributed by atoms with Gasteiger partial charge in [0, 0.05) is 6.54 Å². The quantitative estimate of drug-likeness (QED) is 0.565. The van der Waals surface area contributed by atoms with Crippen LogP contribution in [0.2, 0.25) is 0 Å². The second kappa shape index (κ2) is 10.8. The Bertz CT molecular complexity index is 869. The number of amides is 1. The number of sulfonamides is 1. The zero-order valence-corrected chi connectivity index (χ0v) is 18.0. The first-order valence-electron chi connectivity index (χ1n) is 9.41. The first-order valence-corrected chi connectivity index (χ1v) is 11.3. The van der Waals surface area contributed by atoms with Crippen molar-refractivity contribution >= 4 is 21.6 Å². The van der Waals surface area contributed by atoms with Gasteiger partial charge < -0.3 is 15.0 Å². The number of carbonyl (C=O) groups is 1. The summed E-state index contributed by atoms with van der Waals surface area (Å²) >= 11 is 0. The van der Waals surface area contributed by atoms with Crippen molar-refractivity contribution in [1.29, 1.82) is 0 Å². The number of hydrogen-bond acceptors (Lipinski definition) is 5. The van der Waals surface area contributed by atoms with Crippen LogP contribution < -0.4 is 14.4 Å². The maximum absolute atomic E-state index is 12.2. The first kappa shape index (κ1) is 22.7. The van der Waals surface area contributed by atoms with E-state index in [1.54, 1.807) is 24.3 Å². The van der Waals surface area contributed by atoms with Gasteiger partial charge in [0.05, 0.1) is 11.9 Å². The Hall–Kier alpha value is -2.58. The monoisotopic (exact) mass is 419 g/mol. The highest BCUT2D eigenvalue weighted by Gasteiger charge is 2.20. The van der Waals surface area contributed by atoms with E-state index in [1.807, 2.05) is 49.3 Å². The molecule has 0 spiro atoms. The molecule has 0 aliphatic carbocycles. The van der Waals surface area contributed by atoms with Gasteiger partial charge in [-0.15, -0.1) is 0 Å². The van der Waals surface area contributed by atoms with E-state index in [1.165, 1.54) is 0 Å². The van der Waals surface area contributed by atoms with Gasteiger partial charge in [0.1, 0.15) is 18.9 Å². The van der Waals surface area contributed by atoms with Crippen LogP contribution >= 0.6 is 0 Å². The molecule has 0 radical (unpaired) electrons. The van der Waals surface area contributed by atoms with Crippen molar-refractivity contribution in [3.05, 3.63) is 60.2 Å². The van der Waals surface area contributed by atoms with E-state index in [0.29, 0.717) is 24.6 Å². The van der Waals surface area contributed by atoms with E-state index >= 15 is 0 Å². The van der Waals surface area contributed by atoms with E-state index in [2.05, 4.69) is 5.32 Å². The van der Waals surface area contributed by atoms with Gasteiger partial charge in [0.25, 0.3) is 0 Å². The van der Waals surface area contributed by atoms with E-state index in [0.717, 1.165) is 29.1 Å². The van der Waals surface area contributed by atoms with Crippen LogP contribution in [-0.4, -0.2) is 59.2 Å². The van der Waals surface area contributed by atoms with Crippen LogP contribution in [0.1, 0.15) is 12.0 Å². The third-order valence-electron chi connectivity index (χ3n) is 4.16. The summed E-state index contributed by atoms with van der Waals surface area (Å²) in [5.74, 6) is 0.290. The maximum atomic E-state index is 12.2. The Labute approximate surface area is 173 Å². The molecule has 0 heterocycles. The largest absolute Gasteiger partial charge is 0.489 e. The molecule has 1 amide bonds. The van der Waals surface area contributed by atoms with Crippen molar-refractivity contribution < 1.29 is 17.9 Å². The molecule has 2 aromatic carbocycles. The summed E-state index contributed by atoms with van der Waals surface area (Å²) in [6, 6.07) is 16.4. The highest BCUT2D eigenvalue weighted by atomic mass is 32.2. The summed E-state index contributed by atoms with van der Waals surface area (Å²) in [6.45, 7) is 1.51. The van der Waals surface area contributed by atoms with Crippen molar-refractivity contribution in [3.63, 3.8) is 0 Å². The Morgan fingerprint density at radius 2 is 1.69 bits per heavy atom. The van der Waals surface area contributed by atoms with Gasteiger partial charge in [0.2, 0.25) is 15.9 Å². The summed E-state index contributed by atoms with van der Waals surface area (Å²) in [7, 11) is 0.316. The number of anilines is 1. The summed E-state index contributed by atoms with van der Waals surface area (Å²) in [5.41, 5.74) is 1.46. The molecular weight excluding hydrogens is 390 g/mol. The molecule has 0 saturated heterocycles. The standard InChI is InChI=1S/C21H29N3O4S/c1-23(2)15-7-14-22-21(25)16-24(29(3,26)27)19-10-12-20(13-11-19)28-17-18-8-5-4-6-9-18/h4-6,8-13H,7,14-17H2,1-3H3,(H,22,25). The molecule has 2 aromatic rings. The van der Waals surface area contributed by atoms with E-state index < -0.39 is 10.0 Å². The lowest BCUT2D eigenvalue weighted by atomic mass is 10.2. The lowest BCUT2D eigenvalue weighted by molar-refractivity contribution is -0.119. The van der Waals surface area contributed by atoms with Crippen molar-refractivity contribution in [2.24, 2.45) is 0 Å². The maximum Gasteiger partial charge on any atom is 0.240 e. The highest BCUT2D eigenvalue weighted by molar-refractivity contribution is 7.92. The van der Waals surface area contributed by atoms with Crippen LogP contribution in [0, 0.1) is 0 Å². The summed E-state index contributed by atoms with van der Waals surface area (Å²) in [4.78, 5) is 14.2. The smallest absolute Gasteiger partial charge is 0.240 e. The number of nitrogens with one attached hydrogen (secondary N) is 1. The van der Waals surface area contributed by atoms with Gasteiger partial charge in [0.15, 0.2) is 0 Å². The van der Waals surface area contributed by atoms with Crippen molar-refractivity contribution in [1.82, 2.24) is 10.2 Å². The third kappa shape index (κ3) is 8.13. The fourth-order valence-electron chi connectivity index (χ4n) is 2.66. The molecule has 8 heteroatoms. The molecule has 7 nitrogen and oxygen atoms in total. The molecule has 158 valence electrons. The minimum atomic E-state index is -3.60. The van der Waals surface area contributed by atoms with Crippen LogP contribution in [0.25, 0.3) is 0 Å². The van der Waals surface area contributed by atoms with E-state index in [4.69, 9.17) is 4.74 Å². The molecule has 0 fully saturated rings. The predicted octanol–water partition coefficient (Wildman–Crippen LogP) is 2.10.